The zero-order valence-corrected chi connectivity index (χ0v) is 11.3. The fourth-order valence-electron chi connectivity index (χ4n) is 1.14. The topological polar surface area (TPSA) is 104 Å². The van der Waals surface area contributed by atoms with Gasteiger partial charge in [-0.2, -0.15) is 0 Å². The van der Waals surface area contributed by atoms with Gasteiger partial charge in [-0.15, -0.1) is 0 Å². The second kappa shape index (κ2) is 7.22. The number of aliphatic carboxylic acids is 1. The Kier molecular flexibility index (Phi) is 6.67. The average molecular weight is 302 g/mol. The predicted molar refractivity (Wildman–Crippen MR) is 62.9 cm³/mol. The number of carboxylic acid groups (broad SMARTS) is 1. The van der Waals surface area contributed by atoms with Gasteiger partial charge in [-0.05, 0) is 6.42 Å². The molecule has 0 heterocycles. The maximum atomic E-state index is 12.0. The number of carbonyl (C=O) groups is 2. The summed E-state index contributed by atoms with van der Waals surface area (Å²) in [5.41, 5.74) is 0. The van der Waals surface area contributed by atoms with Gasteiger partial charge < -0.3 is 15.3 Å². The van der Waals surface area contributed by atoms with Gasteiger partial charge in [0.15, 0.2) is 0 Å². The zero-order valence-electron chi connectivity index (χ0n) is 10.5. The molecule has 2 N–H and O–H groups in total. The highest BCUT2D eigenvalue weighted by Gasteiger charge is 2.24. The molecule has 19 heavy (non-hydrogen) atoms. The van der Waals surface area contributed by atoms with Crippen LogP contribution in [0.4, 0.5) is 13.6 Å². The third kappa shape index (κ3) is 8.30. The third-order valence-electron chi connectivity index (χ3n) is 2.13. The molecule has 0 aliphatic rings. The van der Waals surface area contributed by atoms with Gasteiger partial charge in [0.05, 0.1) is 12.3 Å². The Bertz CT molecular complexity index is 426. The molecule has 0 rings (SSSR count). The van der Waals surface area contributed by atoms with E-state index in [1.165, 1.54) is 0 Å². The van der Waals surface area contributed by atoms with Crippen LogP contribution in [0.25, 0.3) is 0 Å². The summed E-state index contributed by atoms with van der Waals surface area (Å²) < 4.78 is 45.9. The van der Waals surface area contributed by atoms with Gasteiger partial charge in [0, 0.05) is 13.3 Å². The van der Waals surface area contributed by atoms with E-state index in [1.807, 2.05) is 5.32 Å². The summed E-state index contributed by atoms with van der Waals surface area (Å²) in [6.07, 6.45) is -2.14. The van der Waals surface area contributed by atoms with Crippen LogP contribution in [0.3, 0.4) is 0 Å². The molecular formula is C9H16F2N2O5S. The van der Waals surface area contributed by atoms with Gasteiger partial charge in [0.1, 0.15) is 15.9 Å². The minimum absolute atomic E-state index is 0.331. The number of hydrogen-bond donors (Lipinski definition) is 2. The van der Waals surface area contributed by atoms with Crippen molar-refractivity contribution < 1.29 is 31.9 Å². The van der Waals surface area contributed by atoms with Crippen molar-refractivity contribution in [3.8, 4) is 0 Å². The first-order chi connectivity index (χ1) is 8.53. The van der Waals surface area contributed by atoms with Gasteiger partial charge in [-0.1, -0.05) is 0 Å². The minimum atomic E-state index is -3.38. The molecular weight excluding hydrogens is 286 g/mol. The summed E-state index contributed by atoms with van der Waals surface area (Å²) in [6, 6.07) is -2.44. The molecule has 0 aromatic heterocycles. The van der Waals surface area contributed by atoms with Crippen LogP contribution in [0.1, 0.15) is 6.42 Å². The van der Waals surface area contributed by atoms with E-state index >= 15 is 0 Å². The fraction of sp³-hybridized carbons (Fsp3) is 0.778. The van der Waals surface area contributed by atoms with Crippen LogP contribution in [-0.2, 0) is 14.6 Å². The first-order valence-electron chi connectivity index (χ1n) is 5.23. The Hall–Kier alpha value is -1.45. The monoisotopic (exact) mass is 302 g/mol. The number of alkyl halides is 2. The summed E-state index contributed by atoms with van der Waals surface area (Å²) in [4.78, 5) is 22.8. The molecule has 112 valence electrons. The van der Waals surface area contributed by atoms with E-state index in [4.69, 9.17) is 5.11 Å². The van der Waals surface area contributed by atoms with Crippen molar-refractivity contribution in [2.45, 2.75) is 18.9 Å². The lowest BCUT2D eigenvalue weighted by Gasteiger charge is -2.20. The number of nitrogens with one attached hydrogen (secondary N) is 1. The normalized spacial score (nSPS) is 13.1. The largest absolute Gasteiger partial charge is 0.480 e. The number of carboxylic acids is 1. The molecule has 7 nitrogen and oxygen atoms in total. The van der Waals surface area contributed by atoms with E-state index in [9.17, 15) is 26.8 Å². The smallest absolute Gasteiger partial charge is 0.326 e. The van der Waals surface area contributed by atoms with Crippen LogP contribution in [-0.4, -0.2) is 68.5 Å². The number of carbonyl (C=O) groups excluding carboxylic acids is 1. The van der Waals surface area contributed by atoms with E-state index in [-0.39, 0.29) is 6.42 Å². The fourth-order valence-corrected chi connectivity index (χ4v) is 1.80. The molecule has 0 aliphatic carbocycles. The van der Waals surface area contributed by atoms with Crippen LogP contribution in [0, 0.1) is 0 Å². The van der Waals surface area contributed by atoms with E-state index in [2.05, 4.69) is 0 Å². The molecule has 10 heteroatoms. The molecule has 0 fully saturated rings. The van der Waals surface area contributed by atoms with Gasteiger partial charge in [-0.25, -0.2) is 26.8 Å². The Morgan fingerprint density at radius 3 is 2.26 bits per heavy atom. The van der Waals surface area contributed by atoms with Crippen LogP contribution in [0.5, 0.6) is 0 Å². The highest BCUT2D eigenvalue weighted by atomic mass is 32.2. The third-order valence-corrected chi connectivity index (χ3v) is 3.11. The molecule has 1 unspecified atom stereocenters. The lowest BCUT2D eigenvalue weighted by Crippen LogP contribution is -2.48. The van der Waals surface area contributed by atoms with Crippen molar-refractivity contribution in [2.24, 2.45) is 0 Å². The minimum Gasteiger partial charge on any atom is -0.480 e. The number of urea groups is 1. The van der Waals surface area contributed by atoms with Crippen molar-refractivity contribution in [3.05, 3.63) is 0 Å². The van der Waals surface area contributed by atoms with Gasteiger partial charge in [0.25, 0.3) is 6.43 Å². The maximum Gasteiger partial charge on any atom is 0.326 e. The first-order valence-corrected chi connectivity index (χ1v) is 7.29. The van der Waals surface area contributed by atoms with Gasteiger partial charge in [-0.3, -0.25) is 0 Å². The van der Waals surface area contributed by atoms with Crippen molar-refractivity contribution in [2.75, 3.05) is 25.6 Å². The summed E-state index contributed by atoms with van der Waals surface area (Å²) in [6.45, 7) is -0.843. The predicted octanol–water partition coefficient (Wildman–Crippen LogP) is -0.219. The molecule has 0 bridgehead atoms. The molecule has 0 radical (unpaired) electrons. The molecule has 0 saturated carbocycles. The average Bonchev–Trinajstić information content (AvgIpc) is 2.20. The zero-order chi connectivity index (χ0) is 15.2. The number of rotatable bonds is 7. The summed E-state index contributed by atoms with van der Waals surface area (Å²) in [5, 5.41) is 10.8. The standard InChI is InChI=1S/C9H16F2N2O5S/c1-13(5-7(10)11)9(16)12-6(8(14)15)3-4-19(2,17)18/h6-7H,3-5H2,1-2H3,(H,12,16)(H,14,15). The van der Waals surface area contributed by atoms with Gasteiger partial charge >= 0.3 is 12.0 Å². The molecule has 0 aromatic carbocycles. The Morgan fingerprint density at radius 2 is 1.89 bits per heavy atom. The van der Waals surface area contributed by atoms with Crippen LogP contribution in [0.2, 0.25) is 0 Å². The Morgan fingerprint density at radius 1 is 1.37 bits per heavy atom. The quantitative estimate of drug-likeness (QED) is 0.676. The summed E-state index contributed by atoms with van der Waals surface area (Å²) in [5.74, 6) is -1.86. The lowest BCUT2D eigenvalue weighted by molar-refractivity contribution is -0.139. The maximum absolute atomic E-state index is 12.0. The van der Waals surface area contributed by atoms with E-state index in [0.29, 0.717) is 4.90 Å². The number of sulfone groups is 1. The number of halogens is 2. The van der Waals surface area contributed by atoms with Gasteiger partial charge in [0.2, 0.25) is 0 Å². The van der Waals surface area contributed by atoms with Crippen molar-refractivity contribution in [1.29, 1.82) is 0 Å². The number of amides is 2. The molecule has 0 aliphatic heterocycles. The van der Waals surface area contributed by atoms with Crippen LogP contribution in [0.15, 0.2) is 0 Å². The van der Waals surface area contributed by atoms with Crippen LogP contribution < -0.4 is 5.32 Å². The number of hydrogen-bond acceptors (Lipinski definition) is 4. The second-order valence-corrected chi connectivity index (χ2v) is 6.29. The molecule has 2 amide bonds. The van der Waals surface area contributed by atoms with E-state index in [1.54, 1.807) is 0 Å². The van der Waals surface area contributed by atoms with E-state index < -0.39 is 46.6 Å². The van der Waals surface area contributed by atoms with Crippen LogP contribution >= 0.6 is 0 Å². The Labute approximate surface area is 109 Å². The highest BCUT2D eigenvalue weighted by Crippen LogP contribution is 2.00. The van der Waals surface area contributed by atoms with Crippen molar-refractivity contribution in [3.63, 3.8) is 0 Å². The molecule has 0 aromatic rings. The Balaban J connectivity index is 4.50. The van der Waals surface area contributed by atoms with Crippen molar-refractivity contribution >= 4 is 21.8 Å². The SMILES string of the molecule is CN(CC(F)F)C(=O)NC(CCS(C)(=O)=O)C(=O)O. The molecule has 0 saturated heterocycles. The summed E-state index contributed by atoms with van der Waals surface area (Å²) >= 11 is 0. The van der Waals surface area contributed by atoms with Crippen molar-refractivity contribution in [1.82, 2.24) is 10.2 Å². The summed E-state index contributed by atoms with van der Waals surface area (Å²) in [7, 11) is -2.30. The molecule has 1 atom stereocenters. The lowest BCUT2D eigenvalue weighted by atomic mass is 10.2. The number of nitrogens with zero attached hydrogens (tertiary/aromatic N) is 1. The first kappa shape index (κ1) is 17.6. The van der Waals surface area contributed by atoms with E-state index in [0.717, 1.165) is 13.3 Å². The molecule has 0 spiro atoms. The second-order valence-electron chi connectivity index (χ2n) is 4.03. The highest BCUT2D eigenvalue weighted by molar-refractivity contribution is 7.90.